The highest BCUT2D eigenvalue weighted by Crippen LogP contribution is 2.31. The van der Waals surface area contributed by atoms with Gasteiger partial charge in [-0.25, -0.2) is 10.2 Å². The van der Waals surface area contributed by atoms with Gasteiger partial charge in [-0.2, -0.15) is 5.10 Å². The summed E-state index contributed by atoms with van der Waals surface area (Å²) in [4.78, 5) is 23.5. The first kappa shape index (κ1) is 23.3. The molecule has 3 aromatic rings. The normalized spacial score (nSPS) is 10.6. The summed E-state index contributed by atoms with van der Waals surface area (Å²) in [5.74, 6) is -0.00846. The summed E-state index contributed by atoms with van der Waals surface area (Å²) in [6, 6.07) is 17.0. The average Bonchev–Trinajstić information content (AvgIpc) is 2.82. The van der Waals surface area contributed by atoms with Crippen LogP contribution in [0.2, 0.25) is 0 Å². The Balaban J connectivity index is 1.74. The number of rotatable bonds is 9. The average molecular weight is 448 g/mol. The van der Waals surface area contributed by atoms with Crippen LogP contribution in [0.1, 0.15) is 37.4 Å². The van der Waals surface area contributed by atoms with Gasteiger partial charge in [0.1, 0.15) is 12.4 Å². The lowest BCUT2D eigenvalue weighted by Crippen LogP contribution is -2.18. The topological polar surface area (TPSA) is 106 Å². The Morgan fingerprint density at radius 3 is 2.39 bits per heavy atom. The number of hydrazone groups is 1. The van der Waals surface area contributed by atoms with E-state index in [2.05, 4.69) is 10.5 Å². The SMILES string of the molecule is COc1cc(C)ccc1C(=O)N/N=C\c1cccc(OC)c1OCc1ccc(C(=O)O)cc1. The van der Waals surface area contributed by atoms with Crippen molar-refractivity contribution >= 4 is 18.1 Å². The predicted molar refractivity (Wildman–Crippen MR) is 124 cm³/mol. The number of ether oxygens (including phenoxy) is 3. The van der Waals surface area contributed by atoms with E-state index in [-0.39, 0.29) is 12.2 Å². The number of amides is 1. The number of aryl methyl sites for hydroxylation is 1. The van der Waals surface area contributed by atoms with Gasteiger partial charge in [0.25, 0.3) is 5.91 Å². The van der Waals surface area contributed by atoms with Gasteiger partial charge in [-0.15, -0.1) is 0 Å². The fourth-order valence-electron chi connectivity index (χ4n) is 3.06. The molecule has 0 aromatic heterocycles. The highest BCUT2D eigenvalue weighted by Gasteiger charge is 2.13. The van der Waals surface area contributed by atoms with Gasteiger partial charge >= 0.3 is 5.97 Å². The number of methoxy groups -OCH3 is 2. The van der Waals surface area contributed by atoms with Crippen LogP contribution in [0.5, 0.6) is 17.2 Å². The lowest BCUT2D eigenvalue weighted by atomic mass is 10.1. The third-order valence-corrected chi connectivity index (χ3v) is 4.78. The maximum absolute atomic E-state index is 12.5. The van der Waals surface area contributed by atoms with E-state index in [9.17, 15) is 9.59 Å². The summed E-state index contributed by atoms with van der Waals surface area (Å²) in [5.41, 5.74) is 5.41. The van der Waals surface area contributed by atoms with Gasteiger partial charge in [0, 0.05) is 5.56 Å². The molecule has 8 heteroatoms. The minimum absolute atomic E-state index is 0.189. The number of carboxylic acids is 1. The molecule has 0 aliphatic heterocycles. The summed E-state index contributed by atoms with van der Waals surface area (Å²) in [7, 11) is 3.03. The van der Waals surface area contributed by atoms with E-state index in [0.717, 1.165) is 11.1 Å². The van der Waals surface area contributed by atoms with Gasteiger partial charge in [-0.3, -0.25) is 4.79 Å². The quantitative estimate of drug-likeness (QED) is 0.378. The fourth-order valence-corrected chi connectivity index (χ4v) is 3.06. The molecule has 0 fully saturated rings. The van der Waals surface area contributed by atoms with E-state index in [0.29, 0.717) is 28.4 Å². The molecule has 0 unspecified atom stereocenters. The van der Waals surface area contributed by atoms with Gasteiger partial charge in [-0.1, -0.05) is 24.3 Å². The lowest BCUT2D eigenvalue weighted by Gasteiger charge is -2.13. The van der Waals surface area contributed by atoms with Crippen LogP contribution in [0.4, 0.5) is 0 Å². The molecule has 2 N–H and O–H groups in total. The van der Waals surface area contributed by atoms with Crippen LogP contribution in [-0.4, -0.2) is 37.4 Å². The Morgan fingerprint density at radius 2 is 1.73 bits per heavy atom. The minimum Gasteiger partial charge on any atom is -0.496 e. The second kappa shape index (κ2) is 10.8. The molecule has 0 aliphatic carbocycles. The predicted octanol–water partition coefficient (Wildman–Crippen LogP) is 4.05. The van der Waals surface area contributed by atoms with Crippen molar-refractivity contribution in [2.75, 3.05) is 14.2 Å². The van der Waals surface area contributed by atoms with Crippen molar-refractivity contribution in [2.24, 2.45) is 5.10 Å². The van der Waals surface area contributed by atoms with Crippen molar-refractivity contribution in [3.05, 3.63) is 88.5 Å². The highest BCUT2D eigenvalue weighted by molar-refractivity contribution is 5.97. The molecule has 0 radical (unpaired) electrons. The van der Waals surface area contributed by atoms with Crippen LogP contribution < -0.4 is 19.6 Å². The molecule has 170 valence electrons. The van der Waals surface area contributed by atoms with Crippen LogP contribution >= 0.6 is 0 Å². The first-order chi connectivity index (χ1) is 15.9. The van der Waals surface area contributed by atoms with Crippen LogP contribution in [0, 0.1) is 6.92 Å². The van der Waals surface area contributed by atoms with E-state index in [1.165, 1.54) is 32.6 Å². The van der Waals surface area contributed by atoms with Gasteiger partial charge < -0.3 is 19.3 Å². The van der Waals surface area contributed by atoms with Crippen LogP contribution in [-0.2, 0) is 6.61 Å². The maximum atomic E-state index is 12.5. The van der Waals surface area contributed by atoms with Crippen molar-refractivity contribution in [1.29, 1.82) is 0 Å². The van der Waals surface area contributed by atoms with Crippen LogP contribution in [0.3, 0.4) is 0 Å². The van der Waals surface area contributed by atoms with Crippen molar-refractivity contribution < 1.29 is 28.9 Å². The molecule has 0 saturated heterocycles. The van der Waals surface area contributed by atoms with Crippen molar-refractivity contribution in [3.8, 4) is 17.2 Å². The van der Waals surface area contributed by atoms with Gasteiger partial charge in [0.15, 0.2) is 11.5 Å². The molecule has 0 spiro atoms. The monoisotopic (exact) mass is 448 g/mol. The zero-order chi connectivity index (χ0) is 23.8. The zero-order valence-corrected chi connectivity index (χ0v) is 18.5. The molecule has 1 amide bonds. The first-order valence-electron chi connectivity index (χ1n) is 10.0. The number of nitrogens with zero attached hydrogens (tertiary/aromatic N) is 1. The smallest absolute Gasteiger partial charge is 0.335 e. The third kappa shape index (κ3) is 5.88. The number of carbonyl (C=O) groups is 2. The van der Waals surface area contributed by atoms with Crippen molar-refractivity contribution in [1.82, 2.24) is 5.43 Å². The highest BCUT2D eigenvalue weighted by atomic mass is 16.5. The van der Waals surface area contributed by atoms with Gasteiger partial charge in [-0.05, 0) is 54.4 Å². The number of aromatic carboxylic acids is 1. The molecule has 0 atom stereocenters. The number of hydrogen-bond acceptors (Lipinski definition) is 6. The molecule has 8 nitrogen and oxygen atoms in total. The molecule has 0 saturated carbocycles. The largest absolute Gasteiger partial charge is 0.496 e. The summed E-state index contributed by atoms with van der Waals surface area (Å²) in [6.07, 6.45) is 1.46. The lowest BCUT2D eigenvalue weighted by molar-refractivity contribution is 0.0696. The number of carboxylic acid groups (broad SMARTS) is 1. The summed E-state index contributed by atoms with van der Waals surface area (Å²) in [6.45, 7) is 2.10. The summed E-state index contributed by atoms with van der Waals surface area (Å²) >= 11 is 0. The molecule has 33 heavy (non-hydrogen) atoms. The Hall–Kier alpha value is -4.33. The number of benzene rings is 3. The minimum atomic E-state index is -0.990. The van der Waals surface area contributed by atoms with Crippen LogP contribution in [0.15, 0.2) is 65.8 Å². The molecule has 0 aliphatic rings. The molecular formula is C25H24N2O6. The van der Waals surface area contributed by atoms with Crippen molar-refractivity contribution in [2.45, 2.75) is 13.5 Å². The van der Waals surface area contributed by atoms with E-state index < -0.39 is 11.9 Å². The Labute approximate surface area is 191 Å². The van der Waals surface area contributed by atoms with Crippen molar-refractivity contribution in [3.63, 3.8) is 0 Å². The number of nitrogens with one attached hydrogen (secondary N) is 1. The van der Waals surface area contributed by atoms with E-state index in [4.69, 9.17) is 19.3 Å². The summed E-state index contributed by atoms with van der Waals surface area (Å²) < 4.78 is 16.6. The maximum Gasteiger partial charge on any atom is 0.335 e. The molecule has 0 heterocycles. The molecular weight excluding hydrogens is 424 g/mol. The molecule has 3 aromatic carbocycles. The molecule has 0 bridgehead atoms. The third-order valence-electron chi connectivity index (χ3n) is 4.78. The Kier molecular flexibility index (Phi) is 7.64. The van der Waals surface area contributed by atoms with Gasteiger partial charge in [0.2, 0.25) is 0 Å². The van der Waals surface area contributed by atoms with Crippen LogP contribution in [0.25, 0.3) is 0 Å². The second-order valence-electron chi connectivity index (χ2n) is 7.07. The van der Waals surface area contributed by atoms with E-state index >= 15 is 0 Å². The number of para-hydroxylation sites is 1. The van der Waals surface area contributed by atoms with E-state index in [1.54, 1.807) is 42.5 Å². The second-order valence-corrected chi connectivity index (χ2v) is 7.07. The Morgan fingerprint density at radius 1 is 1.00 bits per heavy atom. The standard InChI is InChI=1S/C25H24N2O6/c1-16-7-12-20(22(13-16)32-3)24(28)27-26-14-19-5-4-6-21(31-2)23(19)33-15-17-8-10-18(11-9-17)25(29)30/h4-14H,15H2,1-3H3,(H,27,28)(H,29,30)/b26-14-. The zero-order valence-electron chi connectivity index (χ0n) is 18.5. The fraction of sp³-hybridized carbons (Fsp3) is 0.160. The Bertz CT molecular complexity index is 1170. The number of hydrogen-bond donors (Lipinski definition) is 2. The first-order valence-corrected chi connectivity index (χ1v) is 10.0. The molecule has 3 rings (SSSR count). The van der Waals surface area contributed by atoms with Gasteiger partial charge in [0.05, 0.1) is 31.6 Å². The summed E-state index contributed by atoms with van der Waals surface area (Å²) in [5, 5.41) is 13.1. The number of carbonyl (C=O) groups excluding carboxylic acids is 1. The van der Waals surface area contributed by atoms with E-state index in [1.807, 2.05) is 13.0 Å².